The Bertz CT molecular complexity index is 326. The lowest BCUT2D eigenvalue weighted by Gasteiger charge is -2.00. The SMILES string of the molecule is [c]1ccccc1Oc1ccc[nH]1. The molecule has 0 spiro atoms. The molecule has 1 radical (unpaired) electrons. The number of hydrogen-bond donors (Lipinski definition) is 1. The zero-order valence-corrected chi connectivity index (χ0v) is 6.45. The van der Waals surface area contributed by atoms with Gasteiger partial charge in [-0.1, -0.05) is 18.2 Å². The van der Waals surface area contributed by atoms with Gasteiger partial charge in [0.25, 0.3) is 0 Å². The predicted octanol–water partition coefficient (Wildman–Crippen LogP) is 2.61. The van der Waals surface area contributed by atoms with E-state index in [9.17, 15) is 0 Å². The molecule has 0 amide bonds. The van der Waals surface area contributed by atoms with E-state index >= 15 is 0 Å². The summed E-state index contributed by atoms with van der Waals surface area (Å²) in [6.45, 7) is 0. The van der Waals surface area contributed by atoms with Crippen molar-refractivity contribution in [3.8, 4) is 11.6 Å². The molecular weight excluding hydrogens is 150 g/mol. The number of nitrogens with one attached hydrogen (secondary N) is 1. The van der Waals surface area contributed by atoms with Crippen LogP contribution in [0, 0.1) is 6.07 Å². The second-order valence-corrected chi connectivity index (χ2v) is 2.36. The maximum atomic E-state index is 5.41. The van der Waals surface area contributed by atoms with E-state index in [2.05, 4.69) is 11.1 Å². The van der Waals surface area contributed by atoms with Gasteiger partial charge >= 0.3 is 0 Å². The molecule has 0 saturated carbocycles. The summed E-state index contributed by atoms with van der Waals surface area (Å²) in [5.74, 6) is 1.46. The van der Waals surface area contributed by atoms with Crippen LogP contribution in [0.1, 0.15) is 0 Å². The first-order chi connectivity index (χ1) is 5.95. The Morgan fingerprint density at radius 2 is 2.17 bits per heavy atom. The molecule has 0 aliphatic carbocycles. The fourth-order valence-electron chi connectivity index (χ4n) is 0.936. The molecule has 0 aliphatic heterocycles. The molecule has 0 unspecified atom stereocenters. The maximum absolute atomic E-state index is 5.41. The maximum Gasteiger partial charge on any atom is 0.197 e. The van der Waals surface area contributed by atoms with Crippen LogP contribution in [0.5, 0.6) is 11.6 Å². The lowest BCUT2D eigenvalue weighted by atomic mass is 10.3. The zero-order valence-electron chi connectivity index (χ0n) is 6.45. The van der Waals surface area contributed by atoms with Crippen molar-refractivity contribution in [1.82, 2.24) is 4.98 Å². The van der Waals surface area contributed by atoms with Gasteiger partial charge in [-0.15, -0.1) is 0 Å². The molecular formula is C10H8NO. The van der Waals surface area contributed by atoms with E-state index in [0.717, 1.165) is 11.6 Å². The average molecular weight is 158 g/mol. The number of aromatic amines is 1. The van der Waals surface area contributed by atoms with Crippen molar-refractivity contribution in [3.05, 3.63) is 48.7 Å². The summed E-state index contributed by atoms with van der Waals surface area (Å²) in [4.78, 5) is 2.94. The third-order valence-electron chi connectivity index (χ3n) is 1.47. The van der Waals surface area contributed by atoms with E-state index in [0.29, 0.717) is 0 Å². The summed E-state index contributed by atoms with van der Waals surface area (Å²) in [6, 6.07) is 14.2. The molecule has 59 valence electrons. The molecule has 0 atom stereocenters. The van der Waals surface area contributed by atoms with Crippen LogP contribution in [0.15, 0.2) is 42.6 Å². The number of rotatable bonds is 2. The quantitative estimate of drug-likeness (QED) is 0.714. The third-order valence-corrected chi connectivity index (χ3v) is 1.47. The Balaban J connectivity index is 2.15. The van der Waals surface area contributed by atoms with Gasteiger partial charge in [0, 0.05) is 18.3 Å². The summed E-state index contributed by atoms with van der Waals surface area (Å²) in [5.41, 5.74) is 0. The Kier molecular flexibility index (Phi) is 1.82. The topological polar surface area (TPSA) is 25.0 Å². The first-order valence-corrected chi connectivity index (χ1v) is 3.73. The Morgan fingerprint density at radius 1 is 1.17 bits per heavy atom. The molecule has 1 aromatic heterocycles. The third kappa shape index (κ3) is 1.48. The van der Waals surface area contributed by atoms with Gasteiger partial charge in [0.2, 0.25) is 0 Å². The van der Waals surface area contributed by atoms with E-state index in [1.807, 2.05) is 42.6 Å². The molecule has 0 fully saturated rings. The van der Waals surface area contributed by atoms with Crippen molar-refractivity contribution in [1.29, 1.82) is 0 Å². The smallest absolute Gasteiger partial charge is 0.197 e. The van der Waals surface area contributed by atoms with Crippen LogP contribution in [-0.2, 0) is 0 Å². The van der Waals surface area contributed by atoms with Gasteiger partial charge in [-0.25, -0.2) is 0 Å². The standard InChI is InChI=1S/C10H8NO/c1-2-5-9(6-3-1)12-10-7-4-8-11-10/h1-5,7-8,11H. The first kappa shape index (κ1) is 6.98. The second kappa shape index (κ2) is 3.13. The van der Waals surface area contributed by atoms with E-state index < -0.39 is 0 Å². The Hall–Kier alpha value is -1.70. The molecule has 0 aliphatic rings. The number of aromatic nitrogens is 1. The lowest BCUT2D eigenvalue weighted by Crippen LogP contribution is -1.82. The summed E-state index contributed by atoms with van der Waals surface area (Å²) >= 11 is 0. The van der Waals surface area contributed by atoms with Crippen LogP contribution >= 0.6 is 0 Å². The van der Waals surface area contributed by atoms with Crippen LogP contribution in [0.2, 0.25) is 0 Å². The van der Waals surface area contributed by atoms with Crippen molar-refractivity contribution in [2.45, 2.75) is 0 Å². The van der Waals surface area contributed by atoms with Gasteiger partial charge in [0.05, 0.1) is 0 Å². The average Bonchev–Trinajstić information content (AvgIpc) is 2.59. The van der Waals surface area contributed by atoms with Gasteiger partial charge < -0.3 is 9.72 Å². The summed E-state index contributed by atoms with van der Waals surface area (Å²) < 4.78 is 5.41. The lowest BCUT2D eigenvalue weighted by molar-refractivity contribution is 0.465. The van der Waals surface area contributed by atoms with Crippen molar-refractivity contribution in [3.63, 3.8) is 0 Å². The van der Waals surface area contributed by atoms with Crippen LogP contribution in [0.25, 0.3) is 0 Å². The number of H-pyrrole nitrogens is 1. The molecule has 0 saturated heterocycles. The number of hydrogen-bond acceptors (Lipinski definition) is 1. The minimum absolute atomic E-state index is 0.722. The fraction of sp³-hybridized carbons (Fsp3) is 0. The van der Waals surface area contributed by atoms with Gasteiger partial charge in [0.15, 0.2) is 5.88 Å². The molecule has 1 aromatic carbocycles. The molecule has 2 nitrogen and oxygen atoms in total. The van der Waals surface area contributed by atoms with Crippen LogP contribution in [0.3, 0.4) is 0 Å². The molecule has 2 rings (SSSR count). The Labute approximate surface area is 70.8 Å². The molecule has 12 heavy (non-hydrogen) atoms. The molecule has 1 heterocycles. The van der Waals surface area contributed by atoms with E-state index in [-0.39, 0.29) is 0 Å². The largest absolute Gasteiger partial charge is 0.440 e. The van der Waals surface area contributed by atoms with E-state index in [1.165, 1.54) is 0 Å². The predicted molar refractivity (Wildman–Crippen MR) is 46.1 cm³/mol. The van der Waals surface area contributed by atoms with Gasteiger partial charge in [-0.05, 0) is 12.1 Å². The van der Waals surface area contributed by atoms with Crippen molar-refractivity contribution < 1.29 is 4.74 Å². The van der Waals surface area contributed by atoms with Crippen molar-refractivity contribution >= 4 is 0 Å². The van der Waals surface area contributed by atoms with Crippen LogP contribution in [-0.4, -0.2) is 4.98 Å². The first-order valence-electron chi connectivity index (χ1n) is 3.73. The molecule has 2 heteroatoms. The molecule has 1 N–H and O–H groups in total. The van der Waals surface area contributed by atoms with Gasteiger partial charge in [0.1, 0.15) is 5.75 Å². The van der Waals surface area contributed by atoms with E-state index in [4.69, 9.17) is 4.74 Å². The van der Waals surface area contributed by atoms with E-state index in [1.54, 1.807) is 0 Å². The fourth-order valence-corrected chi connectivity index (χ4v) is 0.936. The molecule has 0 bridgehead atoms. The second-order valence-electron chi connectivity index (χ2n) is 2.36. The summed E-state index contributed by atoms with van der Waals surface area (Å²) in [5, 5.41) is 0. The van der Waals surface area contributed by atoms with Crippen LogP contribution in [0.4, 0.5) is 0 Å². The number of ether oxygens (including phenoxy) is 1. The zero-order chi connectivity index (χ0) is 8.23. The summed E-state index contributed by atoms with van der Waals surface area (Å²) in [6.07, 6.45) is 1.82. The van der Waals surface area contributed by atoms with Crippen molar-refractivity contribution in [2.75, 3.05) is 0 Å². The Morgan fingerprint density at radius 3 is 2.83 bits per heavy atom. The van der Waals surface area contributed by atoms with Gasteiger partial charge in [-0.2, -0.15) is 0 Å². The number of para-hydroxylation sites is 1. The van der Waals surface area contributed by atoms with Gasteiger partial charge in [-0.3, -0.25) is 0 Å². The highest BCUT2D eigenvalue weighted by Gasteiger charge is 1.94. The minimum atomic E-state index is 0.722. The highest BCUT2D eigenvalue weighted by molar-refractivity contribution is 5.25. The minimum Gasteiger partial charge on any atom is -0.440 e. The summed E-state index contributed by atoms with van der Waals surface area (Å²) in [7, 11) is 0. The van der Waals surface area contributed by atoms with Crippen molar-refractivity contribution in [2.24, 2.45) is 0 Å². The highest BCUT2D eigenvalue weighted by atomic mass is 16.5. The van der Waals surface area contributed by atoms with Crippen LogP contribution < -0.4 is 4.74 Å². The highest BCUT2D eigenvalue weighted by Crippen LogP contribution is 2.17. The normalized spacial score (nSPS) is 9.67. The monoisotopic (exact) mass is 158 g/mol. The molecule has 2 aromatic rings. The number of benzene rings is 1.